The fraction of sp³-hybridized carbons (Fsp3) is 0.478. The number of aryl methyl sites for hydroxylation is 1. The van der Waals surface area contributed by atoms with Crippen LogP contribution in [0.25, 0.3) is 0 Å². The van der Waals surface area contributed by atoms with Crippen LogP contribution >= 0.6 is 11.8 Å². The normalized spacial score (nSPS) is 13.9. The highest BCUT2D eigenvalue weighted by Gasteiger charge is 2.22. The van der Waals surface area contributed by atoms with E-state index in [0.29, 0.717) is 13.0 Å². The molecule has 29 heavy (non-hydrogen) atoms. The summed E-state index contributed by atoms with van der Waals surface area (Å²) >= 11 is 1.64. The number of carbonyl (C=O) groups excluding carboxylic acids is 1. The van der Waals surface area contributed by atoms with Crippen LogP contribution in [0.4, 0.5) is 15.9 Å². The molecule has 2 heterocycles. The molecule has 0 bridgehead atoms. The van der Waals surface area contributed by atoms with Gasteiger partial charge >= 0.3 is 0 Å². The van der Waals surface area contributed by atoms with Gasteiger partial charge in [-0.3, -0.25) is 4.79 Å². The number of benzene rings is 1. The summed E-state index contributed by atoms with van der Waals surface area (Å²) in [6.07, 6.45) is 1.26. The molecule has 0 saturated heterocycles. The minimum absolute atomic E-state index is 0.0158. The van der Waals surface area contributed by atoms with Gasteiger partial charge in [-0.15, -0.1) is 11.8 Å². The smallest absolute Gasteiger partial charge is 0.224 e. The third-order valence-electron chi connectivity index (χ3n) is 4.91. The lowest BCUT2D eigenvalue weighted by atomic mass is 9.92. The average Bonchev–Trinajstić information content (AvgIpc) is 2.62. The minimum atomic E-state index is -0.178. The number of carbonyl (C=O) groups is 1. The summed E-state index contributed by atoms with van der Waals surface area (Å²) in [5.41, 5.74) is 3.98. The molecular formula is C23H30FN3OS. The molecule has 1 amide bonds. The van der Waals surface area contributed by atoms with E-state index in [4.69, 9.17) is 4.98 Å². The van der Waals surface area contributed by atoms with Crippen molar-refractivity contribution in [2.75, 3.05) is 22.5 Å². The van der Waals surface area contributed by atoms with E-state index in [1.807, 2.05) is 19.1 Å². The van der Waals surface area contributed by atoms with Crippen LogP contribution in [0.1, 0.15) is 50.8 Å². The van der Waals surface area contributed by atoms with Gasteiger partial charge in [0, 0.05) is 19.5 Å². The lowest BCUT2D eigenvalue weighted by molar-refractivity contribution is -0.117. The topological polar surface area (TPSA) is 45.2 Å². The Labute approximate surface area is 177 Å². The van der Waals surface area contributed by atoms with Crippen LogP contribution in [0.5, 0.6) is 0 Å². The molecule has 3 rings (SSSR count). The van der Waals surface area contributed by atoms with Crippen LogP contribution in [-0.2, 0) is 17.8 Å². The van der Waals surface area contributed by atoms with Crippen molar-refractivity contribution < 1.29 is 9.18 Å². The van der Waals surface area contributed by atoms with Gasteiger partial charge in [0.05, 0.1) is 5.69 Å². The SMILES string of the molecule is CCSc1nc(N2CCc3cc(F)ccc3C2)cc(C)c1NC(=O)CC(C)(C)C. The van der Waals surface area contributed by atoms with Gasteiger partial charge < -0.3 is 10.2 Å². The quantitative estimate of drug-likeness (QED) is 0.648. The Kier molecular flexibility index (Phi) is 6.52. The first kappa shape index (κ1) is 21.6. The molecule has 0 radical (unpaired) electrons. The minimum Gasteiger partial charge on any atom is -0.352 e. The number of thioether (sulfide) groups is 1. The molecule has 0 spiro atoms. The molecule has 1 aromatic carbocycles. The molecule has 156 valence electrons. The number of fused-ring (bicyclic) bond motifs is 1. The summed E-state index contributed by atoms with van der Waals surface area (Å²) in [5, 5.41) is 3.95. The number of nitrogens with zero attached hydrogens (tertiary/aromatic N) is 2. The van der Waals surface area contributed by atoms with Gasteiger partial charge in [-0.2, -0.15) is 0 Å². The standard InChI is InChI=1S/C23H30FN3OS/c1-6-29-22-21(26-20(28)13-23(3,4)5)15(2)11-19(25-22)27-10-9-16-12-18(24)8-7-17(16)14-27/h7-8,11-12H,6,9-10,13-14H2,1-5H3,(H,26,28). The molecule has 4 nitrogen and oxygen atoms in total. The largest absolute Gasteiger partial charge is 0.352 e. The molecule has 1 aromatic heterocycles. The van der Waals surface area contributed by atoms with Crippen molar-refractivity contribution in [2.24, 2.45) is 5.41 Å². The molecule has 1 N–H and O–H groups in total. The maximum atomic E-state index is 13.5. The van der Waals surface area contributed by atoms with E-state index in [1.54, 1.807) is 17.8 Å². The summed E-state index contributed by atoms with van der Waals surface area (Å²) in [4.78, 5) is 19.6. The van der Waals surface area contributed by atoms with Crippen molar-refractivity contribution in [3.63, 3.8) is 0 Å². The molecule has 0 fully saturated rings. The summed E-state index contributed by atoms with van der Waals surface area (Å²) in [6.45, 7) is 11.8. The molecule has 1 aliphatic heterocycles. The number of rotatable bonds is 5. The number of pyridine rings is 1. The van der Waals surface area contributed by atoms with Crippen LogP contribution in [0.2, 0.25) is 0 Å². The first-order valence-corrected chi connectivity index (χ1v) is 11.1. The zero-order valence-corrected chi connectivity index (χ0v) is 18.8. The number of aromatic nitrogens is 1. The zero-order valence-electron chi connectivity index (χ0n) is 17.9. The average molecular weight is 416 g/mol. The van der Waals surface area contributed by atoms with Gasteiger partial charge in [-0.25, -0.2) is 9.37 Å². The Balaban J connectivity index is 1.86. The van der Waals surface area contributed by atoms with Crippen LogP contribution in [0, 0.1) is 18.2 Å². The third kappa shape index (κ3) is 5.50. The molecule has 2 aromatic rings. The second-order valence-electron chi connectivity index (χ2n) is 8.78. The Morgan fingerprint density at radius 2 is 2.03 bits per heavy atom. The Hall–Kier alpha value is -2.08. The number of halogens is 1. The van der Waals surface area contributed by atoms with E-state index in [9.17, 15) is 9.18 Å². The van der Waals surface area contributed by atoms with Gasteiger partial charge in [-0.1, -0.05) is 33.8 Å². The highest BCUT2D eigenvalue weighted by atomic mass is 32.2. The van der Waals surface area contributed by atoms with Gasteiger partial charge in [0.2, 0.25) is 5.91 Å². The van der Waals surface area contributed by atoms with E-state index in [2.05, 4.69) is 37.9 Å². The van der Waals surface area contributed by atoms with Gasteiger partial charge in [0.25, 0.3) is 0 Å². The van der Waals surface area contributed by atoms with Crippen LogP contribution in [0.15, 0.2) is 29.3 Å². The van der Waals surface area contributed by atoms with E-state index >= 15 is 0 Å². The summed E-state index contributed by atoms with van der Waals surface area (Å²) in [6, 6.07) is 7.07. The lowest BCUT2D eigenvalue weighted by Gasteiger charge is -2.31. The van der Waals surface area contributed by atoms with Crippen molar-refractivity contribution in [1.29, 1.82) is 0 Å². The monoisotopic (exact) mass is 415 g/mol. The van der Waals surface area contributed by atoms with Crippen LogP contribution < -0.4 is 10.2 Å². The Morgan fingerprint density at radius 3 is 2.72 bits per heavy atom. The van der Waals surface area contributed by atoms with Crippen molar-refractivity contribution in [1.82, 2.24) is 4.98 Å². The second-order valence-corrected chi connectivity index (χ2v) is 10.0. The summed E-state index contributed by atoms with van der Waals surface area (Å²) < 4.78 is 13.5. The third-order valence-corrected chi connectivity index (χ3v) is 5.77. The van der Waals surface area contributed by atoms with E-state index in [0.717, 1.165) is 51.9 Å². The molecule has 0 aliphatic carbocycles. The highest BCUT2D eigenvalue weighted by molar-refractivity contribution is 7.99. The first-order chi connectivity index (χ1) is 13.7. The van der Waals surface area contributed by atoms with Gasteiger partial charge in [0.1, 0.15) is 16.7 Å². The fourth-order valence-corrected chi connectivity index (χ4v) is 4.35. The van der Waals surface area contributed by atoms with Crippen molar-refractivity contribution in [3.05, 3.63) is 46.8 Å². The number of hydrogen-bond donors (Lipinski definition) is 1. The maximum absolute atomic E-state index is 13.5. The number of amides is 1. The number of nitrogens with one attached hydrogen (secondary N) is 1. The molecule has 0 unspecified atom stereocenters. The first-order valence-electron chi connectivity index (χ1n) is 10.1. The van der Waals surface area contributed by atoms with E-state index in [1.165, 1.54) is 6.07 Å². The fourth-order valence-electron chi connectivity index (χ4n) is 3.56. The van der Waals surface area contributed by atoms with Crippen molar-refractivity contribution in [3.8, 4) is 0 Å². The summed E-state index contributed by atoms with van der Waals surface area (Å²) in [7, 11) is 0. The highest BCUT2D eigenvalue weighted by Crippen LogP contribution is 2.34. The van der Waals surface area contributed by atoms with E-state index < -0.39 is 0 Å². The maximum Gasteiger partial charge on any atom is 0.224 e. The lowest BCUT2D eigenvalue weighted by Crippen LogP contribution is -2.31. The van der Waals surface area contributed by atoms with Crippen molar-refractivity contribution in [2.45, 2.75) is 59.0 Å². The second kappa shape index (κ2) is 8.74. The van der Waals surface area contributed by atoms with Crippen LogP contribution in [-0.4, -0.2) is 23.2 Å². The predicted molar refractivity (Wildman–Crippen MR) is 119 cm³/mol. The molecule has 6 heteroatoms. The van der Waals surface area contributed by atoms with Crippen LogP contribution in [0.3, 0.4) is 0 Å². The van der Waals surface area contributed by atoms with Gasteiger partial charge in [0.15, 0.2) is 0 Å². The zero-order chi connectivity index (χ0) is 21.2. The molecule has 0 atom stereocenters. The number of hydrogen-bond acceptors (Lipinski definition) is 4. The number of anilines is 2. The van der Waals surface area contributed by atoms with Gasteiger partial charge in [-0.05, 0) is 59.4 Å². The predicted octanol–water partition coefficient (Wildman–Crippen LogP) is 5.58. The van der Waals surface area contributed by atoms with E-state index in [-0.39, 0.29) is 17.1 Å². The Morgan fingerprint density at radius 1 is 1.28 bits per heavy atom. The van der Waals surface area contributed by atoms with Crippen molar-refractivity contribution >= 4 is 29.2 Å². The Bertz CT molecular complexity index is 908. The molecular weight excluding hydrogens is 385 g/mol. The summed E-state index contributed by atoms with van der Waals surface area (Å²) in [5.74, 6) is 1.62. The molecule has 0 saturated carbocycles. The molecule has 1 aliphatic rings.